The number of methoxy groups -OCH3 is 1. The second-order valence-corrected chi connectivity index (χ2v) is 10.3. The number of aryl methyl sites for hydroxylation is 1. The van der Waals surface area contributed by atoms with Crippen LogP contribution in [0.4, 0.5) is 10.7 Å². The molecule has 4 rings (SSSR count). The second-order valence-electron chi connectivity index (χ2n) is 9.22. The molecule has 1 aromatic heterocycles. The van der Waals surface area contributed by atoms with Gasteiger partial charge in [-0.25, -0.2) is 15.0 Å². The van der Waals surface area contributed by atoms with Crippen molar-refractivity contribution in [3.05, 3.63) is 79.7 Å². The molecule has 3 aromatic rings. The molecular formula is C29H28N4O9S. The normalized spacial score (nSPS) is 12.5. The highest BCUT2D eigenvalue weighted by Gasteiger charge is 2.28. The third kappa shape index (κ3) is 7.40. The van der Waals surface area contributed by atoms with E-state index in [9.17, 15) is 29.3 Å². The van der Waals surface area contributed by atoms with E-state index in [1.807, 2.05) is 0 Å². The summed E-state index contributed by atoms with van der Waals surface area (Å²) in [6.07, 6.45) is 5.65. The van der Waals surface area contributed by atoms with Crippen LogP contribution in [0.25, 0.3) is 0 Å². The van der Waals surface area contributed by atoms with Gasteiger partial charge in [-0.3, -0.25) is 19.7 Å². The van der Waals surface area contributed by atoms with Gasteiger partial charge >= 0.3 is 23.8 Å². The standard InChI is InChI=1S/C29H28N4O9S/c1-3-41-29(37)24-19-10-5-4-6-12-23(19)43-27(24)31-25(34)26(35)32-30-16-17-13-14-21(22(15-17)40-2)42-28(36)18-9-7-8-11-20(18)33(38)39/h7-9,11,13-16H,3-6,10,12H2,1-2H3,(H,31,34)(H,32,35). The van der Waals surface area contributed by atoms with Crippen molar-refractivity contribution in [2.24, 2.45) is 5.10 Å². The van der Waals surface area contributed by atoms with E-state index in [0.717, 1.165) is 36.1 Å². The Balaban J connectivity index is 1.41. The molecule has 0 radical (unpaired) electrons. The number of nitro groups is 1. The van der Waals surface area contributed by atoms with E-state index in [-0.39, 0.29) is 28.7 Å². The Labute approximate surface area is 250 Å². The van der Waals surface area contributed by atoms with Gasteiger partial charge in [-0.05, 0) is 68.0 Å². The number of thiophene rings is 1. The van der Waals surface area contributed by atoms with E-state index >= 15 is 0 Å². The van der Waals surface area contributed by atoms with Crippen molar-refractivity contribution in [3.63, 3.8) is 0 Å². The quantitative estimate of drug-likeness (QED) is 0.0677. The number of nitrogens with one attached hydrogen (secondary N) is 2. The fraction of sp³-hybridized carbons (Fsp3) is 0.276. The predicted molar refractivity (Wildman–Crippen MR) is 157 cm³/mol. The fourth-order valence-corrected chi connectivity index (χ4v) is 5.71. The molecule has 14 heteroatoms. The SMILES string of the molecule is CCOC(=O)c1c(NC(=O)C(=O)NN=Cc2ccc(OC(=O)c3ccccc3[N+](=O)[O-])c(OC)c2)sc2c1CCCCC2. The molecule has 2 N–H and O–H groups in total. The van der Waals surface area contributed by atoms with Crippen LogP contribution in [0.2, 0.25) is 0 Å². The molecule has 0 saturated carbocycles. The second kappa shape index (κ2) is 14.2. The predicted octanol–water partition coefficient (Wildman–Crippen LogP) is 4.42. The number of rotatable bonds is 9. The Hall–Kier alpha value is -5.11. The smallest absolute Gasteiger partial charge is 0.350 e. The third-order valence-corrected chi connectivity index (χ3v) is 7.63. The van der Waals surface area contributed by atoms with E-state index in [0.29, 0.717) is 17.5 Å². The number of hydrazone groups is 1. The molecule has 224 valence electrons. The first-order valence-electron chi connectivity index (χ1n) is 13.3. The molecule has 0 atom stereocenters. The zero-order valence-corrected chi connectivity index (χ0v) is 24.2. The van der Waals surface area contributed by atoms with E-state index in [4.69, 9.17) is 14.2 Å². The van der Waals surface area contributed by atoms with Crippen molar-refractivity contribution in [2.45, 2.75) is 39.0 Å². The molecule has 2 aromatic carbocycles. The number of amides is 2. The third-order valence-electron chi connectivity index (χ3n) is 6.42. The maximum atomic E-state index is 12.7. The van der Waals surface area contributed by atoms with Crippen LogP contribution in [0.1, 0.15) is 62.9 Å². The van der Waals surface area contributed by atoms with Crippen LogP contribution in [0, 0.1) is 10.1 Å². The van der Waals surface area contributed by atoms with Crippen molar-refractivity contribution in [3.8, 4) is 11.5 Å². The van der Waals surface area contributed by atoms with Crippen molar-refractivity contribution in [1.29, 1.82) is 0 Å². The molecule has 1 heterocycles. The van der Waals surface area contributed by atoms with Gasteiger partial charge in [0.05, 0.1) is 30.4 Å². The highest BCUT2D eigenvalue weighted by molar-refractivity contribution is 7.17. The summed E-state index contributed by atoms with van der Waals surface area (Å²) in [6, 6.07) is 9.70. The number of carbonyl (C=O) groups excluding carboxylic acids is 4. The number of carbonyl (C=O) groups is 4. The number of nitrogens with zero attached hydrogens (tertiary/aromatic N) is 2. The molecule has 13 nitrogen and oxygen atoms in total. The molecular weight excluding hydrogens is 580 g/mol. The highest BCUT2D eigenvalue weighted by Crippen LogP contribution is 2.38. The molecule has 43 heavy (non-hydrogen) atoms. The minimum Gasteiger partial charge on any atom is -0.493 e. The van der Waals surface area contributed by atoms with Crippen molar-refractivity contribution in [1.82, 2.24) is 5.43 Å². The monoisotopic (exact) mass is 608 g/mol. The van der Waals surface area contributed by atoms with Crippen LogP contribution in [0.5, 0.6) is 11.5 Å². The summed E-state index contributed by atoms with van der Waals surface area (Å²) in [5.41, 5.74) is 3.07. The zero-order valence-electron chi connectivity index (χ0n) is 23.3. The average molecular weight is 609 g/mol. The van der Waals surface area contributed by atoms with E-state index < -0.39 is 34.4 Å². The summed E-state index contributed by atoms with van der Waals surface area (Å²) in [6.45, 7) is 1.87. The van der Waals surface area contributed by atoms with Crippen LogP contribution in [0.3, 0.4) is 0 Å². The lowest BCUT2D eigenvalue weighted by Crippen LogP contribution is -2.32. The Kier molecular flexibility index (Phi) is 10.2. The number of ether oxygens (including phenoxy) is 3. The largest absolute Gasteiger partial charge is 0.493 e. The molecule has 0 spiro atoms. The first-order valence-corrected chi connectivity index (χ1v) is 14.1. The maximum absolute atomic E-state index is 12.7. The van der Waals surface area contributed by atoms with Gasteiger partial charge in [0.1, 0.15) is 10.6 Å². The Morgan fingerprint density at radius 3 is 2.53 bits per heavy atom. The molecule has 0 saturated heterocycles. The lowest BCUT2D eigenvalue weighted by atomic mass is 10.1. The van der Waals surface area contributed by atoms with Crippen LogP contribution >= 0.6 is 11.3 Å². The number of para-hydroxylation sites is 1. The van der Waals surface area contributed by atoms with E-state index in [2.05, 4.69) is 15.8 Å². The van der Waals surface area contributed by atoms with Crippen molar-refractivity contribution >= 4 is 52.0 Å². The topological polar surface area (TPSA) is 176 Å². The minimum absolute atomic E-state index is 0.00188. The fourth-order valence-electron chi connectivity index (χ4n) is 4.44. The Morgan fingerprint density at radius 2 is 1.79 bits per heavy atom. The van der Waals surface area contributed by atoms with E-state index in [1.165, 1.54) is 67.1 Å². The van der Waals surface area contributed by atoms with Crippen LogP contribution < -0.4 is 20.2 Å². The van der Waals surface area contributed by atoms with Crippen LogP contribution in [0.15, 0.2) is 47.6 Å². The summed E-state index contributed by atoms with van der Waals surface area (Å²) >= 11 is 1.27. The number of esters is 2. The minimum atomic E-state index is -1.06. The summed E-state index contributed by atoms with van der Waals surface area (Å²) in [7, 11) is 1.33. The van der Waals surface area contributed by atoms with Crippen LogP contribution in [-0.4, -0.2) is 48.6 Å². The van der Waals surface area contributed by atoms with Gasteiger partial charge < -0.3 is 19.5 Å². The summed E-state index contributed by atoms with van der Waals surface area (Å²) in [5.74, 6) is -3.44. The average Bonchev–Trinajstić information content (AvgIpc) is 3.17. The molecule has 0 unspecified atom stereocenters. The highest BCUT2D eigenvalue weighted by atomic mass is 32.1. The molecule has 2 amide bonds. The van der Waals surface area contributed by atoms with Gasteiger partial charge in [0.15, 0.2) is 11.5 Å². The van der Waals surface area contributed by atoms with Gasteiger partial charge in [-0.1, -0.05) is 18.6 Å². The van der Waals surface area contributed by atoms with Gasteiger partial charge in [-0.2, -0.15) is 5.10 Å². The first kappa shape index (κ1) is 30.8. The molecule has 0 aliphatic heterocycles. The summed E-state index contributed by atoms with van der Waals surface area (Å²) in [5, 5.41) is 17.8. The molecule has 0 bridgehead atoms. The number of fused-ring (bicyclic) bond motifs is 1. The molecule has 1 aliphatic rings. The summed E-state index contributed by atoms with van der Waals surface area (Å²) in [4.78, 5) is 61.9. The Morgan fingerprint density at radius 1 is 1.02 bits per heavy atom. The van der Waals surface area contributed by atoms with Crippen LogP contribution in [-0.2, 0) is 27.2 Å². The first-order chi connectivity index (χ1) is 20.7. The maximum Gasteiger partial charge on any atom is 0.350 e. The number of hydrogen-bond acceptors (Lipinski definition) is 11. The number of nitro benzene ring substituents is 1. The number of anilines is 1. The summed E-state index contributed by atoms with van der Waals surface area (Å²) < 4.78 is 15.8. The van der Waals surface area contributed by atoms with Gasteiger partial charge in [0.2, 0.25) is 0 Å². The molecule has 1 aliphatic carbocycles. The van der Waals surface area contributed by atoms with E-state index in [1.54, 1.807) is 6.92 Å². The number of hydrogen-bond donors (Lipinski definition) is 2. The number of benzene rings is 2. The zero-order chi connectivity index (χ0) is 30.9. The lowest BCUT2D eigenvalue weighted by molar-refractivity contribution is -0.385. The van der Waals surface area contributed by atoms with Gasteiger partial charge in [-0.15, -0.1) is 11.3 Å². The van der Waals surface area contributed by atoms with Crippen molar-refractivity contribution in [2.75, 3.05) is 19.0 Å². The molecule has 0 fully saturated rings. The van der Waals surface area contributed by atoms with Gasteiger partial charge in [0.25, 0.3) is 5.69 Å². The van der Waals surface area contributed by atoms with Crippen molar-refractivity contribution < 1.29 is 38.3 Å². The van der Waals surface area contributed by atoms with Gasteiger partial charge in [0, 0.05) is 10.9 Å². The lowest BCUT2D eigenvalue weighted by Gasteiger charge is -2.10. The Bertz CT molecular complexity index is 1600.